The molecule has 0 saturated carbocycles. The topological polar surface area (TPSA) is 43.4 Å². The third-order valence-corrected chi connectivity index (χ3v) is 4.53. The van der Waals surface area contributed by atoms with Gasteiger partial charge in [-0.2, -0.15) is 0 Å². The highest BCUT2D eigenvalue weighted by Crippen LogP contribution is 2.20. The molecule has 0 aromatic heterocycles. The van der Waals surface area contributed by atoms with E-state index < -0.39 is 9.84 Å². The number of ether oxygens (including phenoxy) is 1. The second-order valence-corrected chi connectivity index (χ2v) is 6.13. The fourth-order valence-electron chi connectivity index (χ4n) is 1.60. The summed E-state index contributed by atoms with van der Waals surface area (Å²) in [5.74, 6) is -0.223. The molecule has 0 spiro atoms. The van der Waals surface area contributed by atoms with Crippen molar-refractivity contribution in [3.63, 3.8) is 0 Å². The summed E-state index contributed by atoms with van der Waals surface area (Å²) in [6.45, 7) is 2.56. The molecule has 3 nitrogen and oxygen atoms in total. The SMILES string of the molecule is Cc1cc(S(=O)(=O)CC2COC2)ccc1F. The van der Waals surface area contributed by atoms with Crippen LogP contribution in [0.2, 0.25) is 0 Å². The van der Waals surface area contributed by atoms with E-state index in [1.54, 1.807) is 6.92 Å². The predicted octanol–water partition coefficient (Wildman–Crippen LogP) is 1.55. The normalized spacial score (nSPS) is 17.1. The maximum atomic E-state index is 13.0. The van der Waals surface area contributed by atoms with Gasteiger partial charge in [-0.3, -0.25) is 0 Å². The fraction of sp³-hybridized carbons (Fsp3) is 0.455. The Labute approximate surface area is 94.2 Å². The summed E-state index contributed by atoms with van der Waals surface area (Å²) in [6.07, 6.45) is 0. The third kappa shape index (κ3) is 2.25. The van der Waals surface area contributed by atoms with E-state index in [1.165, 1.54) is 18.2 Å². The molecule has 1 aliphatic rings. The van der Waals surface area contributed by atoms with Crippen LogP contribution < -0.4 is 0 Å². The number of hydrogen-bond acceptors (Lipinski definition) is 3. The van der Waals surface area contributed by atoms with E-state index in [4.69, 9.17) is 4.74 Å². The molecule has 88 valence electrons. The Morgan fingerprint density at radius 2 is 2.12 bits per heavy atom. The van der Waals surface area contributed by atoms with Gasteiger partial charge in [0.15, 0.2) is 9.84 Å². The van der Waals surface area contributed by atoms with Crippen LogP contribution in [0, 0.1) is 18.7 Å². The van der Waals surface area contributed by atoms with Crippen LogP contribution in [0.4, 0.5) is 4.39 Å². The molecule has 0 amide bonds. The van der Waals surface area contributed by atoms with Gasteiger partial charge in [0.1, 0.15) is 5.82 Å². The molecule has 0 radical (unpaired) electrons. The monoisotopic (exact) mass is 244 g/mol. The van der Waals surface area contributed by atoms with Crippen LogP contribution in [0.5, 0.6) is 0 Å². The van der Waals surface area contributed by atoms with Crippen LogP contribution in [0.25, 0.3) is 0 Å². The van der Waals surface area contributed by atoms with Gasteiger partial charge in [-0.05, 0) is 30.7 Å². The van der Waals surface area contributed by atoms with Crippen molar-refractivity contribution in [1.82, 2.24) is 0 Å². The maximum absolute atomic E-state index is 13.0. The zero-order valence-corrected chi connectivity index (χ0v) is 9.76. The first-order valence-electron chi connectivity index (χ1n) is 5.06. The van der Waals surface area contributed by atoms with Crippen LogP contribution in [0.3, 0.4) is 0 Å². The molecule has 2 rings (SSSR count). The first-order valence-corrected chi connectivity index (χ1v) is 6.71. The Bertz CT molecular complexity index is 492. The summed E-state index contributed by atoms with van der Waals surface area (Å²) >= 11 is 0. The average Bonchev–Trinajstić information content (AvgIpc) is 2.16. The largest absolute Gasteiger partial charge is 0.381 e. The number of sulfone groups is 1. The molecule has 5 heteroatoms. The Kier molecular flexibility index (Phi) is 2.99. The molecule has 1 aromatic carbocycles. The second-order valence-electron chi connectivity index (χ2n) is 4.10. The van der Waals surface area contributed by atoms with Crippen molar-refractivity contribution in [2.24, 2.45) is 5.92 Å². The number of halogens is 1. The summed E-state index contributed by atoms with van der Waals surface area (Å²) in [4.78, 5) is 0.193. The van der Waals surface area contributed by atoms with E-state index in [1.807, 2.05) is 0 Å². The van der Waals surface area contributed by atoms with Crippen molar-refractivity contribution in [3.8, 4) is 0 Å². The minimum Gasteiger partial charge on any atom is -0.381 e. The molecular weight excluding hydrogens is 231 g/mol. The minimum atomic E-state index is -3.31. The van der Waals surface area contributed by atoms with E-state index in [2.05, 4.69) is 0 Å². The zero-order chi connectivity index (χ0) is 11.8. The molecule has 0 aliphatic carbocycles. The number of rotatable bonds is 3. The lowest BCUT2D eigenvalue weighted by molar-refractivity contribution is -0.0204. The van der Waals surface area contributed by atoms with Gasteiger partial charge in [-0.25, -0.2) is 12.8 Å². The first-order chi connectivity index (χ1) is 7.49. The molecule has 1 aliphatic heterocycles. The van der Waals surface area contributed by atoms with Gasteiger partial charge in [-0.15, -0.1) is 0 Å². The van der Waals surface area contributed by atoms with Crippen molar-refractivity contribution in [2.45, 2.75) is 11.8 Å². The summed E-state index contributed by atoms with van der Waals surface area (Å²) in [7, 11) is -3.31. The van der Waals surface area contributed by atoms with Gasteiger partial charge < -0.3 is 4.74 Å². The molecule has 1 aromatic rings. The molecule has 16 heavy (non-hydrogen) atoms. The van der Waals surface area contributed by atoms with Gasteiger partial charge in [-0.1, -0.05) is 0 Å². The molecule has 0 unspecified atom stereocenters. The Balaban J connectivity index is 2.24. The number of aryl methyl sites for hydroxylation is 1. The lowest BCUT2D eigenvalue weighted by atomic mass is 10.1. The van der Waals surface area contributed by atoms with Crippen molar-refractivity contribution < 1.29 is 17.5 Å². The average molecular weight is 244 g/mol. The van der Waals surface area contributed by atoms with Crippen molar-refractivity contribution in [3.05, 3.63) is 29.6 Å². The van der Waals surface area contributed by atoms with Crippen LogP contribution in [0.1, 0.15) is 5.56 Å². The Morgan fingerprint density at radius 3 is 2.62 bits per heavy atom. The van der Waals surface area contributed by atoms with Gasteiger partial charge >= 0.3 is 0 Å². The van der Waals surface area contributed by atoms with Crippen molar-refractivity contribution in [1.29, 1.82) is 0 Å². The van der Waals surface area contributed by atoms with Crippen LogP contribution in [-0.4, -0.2) is 27.4 Å². The van der Waals surface area contributed by atoms with Crippen LogP contribution in [-0.2, 0) is 14.6 Å². The Hall–Kier alpha value is -0.940. The highest BCUT2D eigenvalue weighted by Gasteiger charge is 2.26. The standard InChI is InChI=1S/C11H13FO3S/c1-8-4-10(2-3-11(8)12)16(13,14)7-9-5-15-6-9/h2-4,9H,5-7H2,1H3. The predicted molar refractivity (Wildman–Crippen MR) is 57.5 cm³/mol. The highest BCUT2D eigenvalue weighted by molar-refractivity contribution is 7.91. The van der Waals surface area contributed by atoms with Crippen LogP contribution in [0.15, 0.2) is 23.1 Å². The highest BCUT2D eigenvalue weighted by atomic mass is 32.2. The minimum absolute atomic E-state index is 0.0790. The third-order valence-electron chi connectivity index (χ3n) is 2.65. The van der Waals surface area contributed by atoms with E-state index in [-0.39, 0.29) is 22.4 Å². The van der Waals surface area contributed by atoms with Gasteiger partial charge in [0, 0.05) is 5.92 Å². The number of hydrogen-bond donors (Lipinski definition) is 0. The molecule has 0 bridgehead atoms. The second kappa shape index (κ2) is 4.14. The quantitative estimate of drug-likeness (QED) is 0.758. The lowest BCUT2D eigenvalue weighted by Gasteiger charge is -2.25. The number of benzene rings is 1. The summed E-state index contributed by atoms with van der Waals surface area (Å²) in [6, 6.07) is 3.89. The lowest BCUT2D eigenvalue weighted by Crippen LogP contribution is -2.33. The fourth-order valence-corrected chi connectivity index (χ4v) is 3.24. The van der Waals surface area contributed by atoms with Gasteiger partial charge in [0.25, 0.3) is 0 Å². The molecule has 0 atom stereocenters. The molecular formula is C11H13FO3S. The molecule has 1 fully saturated rings. The van der Waals surface area contributed by atoms with Crippen molar-refractivity contribution in [2.75, 3.05) is 19.0 Å². The summed E-state index contributed by atoms with van der Waals surface area (Å²) in [5, 5.41) is 0. The first kappa shape index (κ1) is 11.5. The smallest absolute Gasteiger partial charge is 0.178 e. The van der Waals surface area contributed by atoms with E-state index >= 15 is 0 Å². The summed E-state index contributed by atoms with van der Waals surface area (Å²) < 4.78 is 41.8. The summed E-state index contributed by atoms with van der Waals surface area (Å²) in [5.41, 5.74) is 0.353. The van der Waals surface area contributed by atoms with Crippen molar-refractivity contribution >= 4 is 9.84 Å². The van der Waals surface area contributed by atoms with Gasteiger partial charge in [0.2, 0.25) is 0 Å². The maximum Gasteiger partial charge on any atom is 0.178 e. The molecule has 1 heterocycles. The Morgan fingerprint density at radius 1 is 1.44 bits per heavy atom. The molecule has 0 N–H and O–H groups in total. The van der Waals surface area contributed by atoms with Crippen LogP contribution >= 0.6 is 0 Å². The van der Waals surface area contributed by atoms with E-state index in [9.17, 15) is 12.8 Å². The van der Waals surface area contributed by atoms with E-state index in [0.717, 1.165) is 0 Å². The molecule has 1 saturated heterocycles. The zero-order valence-electron chi connectivity index (χ0n) is 8.94. The van der Waals surface area contributed by atoms with E-state index in [0.29, 0.717) is 18.8 Å². The van der Waals surface area contributed by atoms with Gasteiger partial charge in [0.05, 0.1) is 23.9 Å².